The van der Waals surface area contributed by atoms with E-state index in [0.29, 0.717) is 14.9 Å². The molecule has 0 saturated carbocycles. The minimum atomic E-state index is -0.641. The van der Waals surface area contributed by atoms with Gasteiger partial charge in [0.2, 0.25) is 0 Å². The first kappa shape index (κ1) is 19.0. The lowest BCUT2D eigenvalue weighted by atomic mass is 10.3. The van der Waals surface area contributed by atoms with Crippen LogP contribution in [-0.4, -0.2) is 31.1 Å². The van der Waals surface area contributed by atoms with Crippen molar-refractivity contribution in [3.8, 4) is 0 Å². The normalized spacial score (nSPS) is 9.39. The van der Waals surface area contributed by atoms with E-state index in [2.05, 4.69) is 46.3 Å². The standard InChI is InChI=1S/C7H6BrNO3.C7H6BrNO2/c1-12-7(10)6-3-2-5(8)4-9(6)11;1-11-7(10)6-3-2-5(8)4-9-6/h2-4H,1H3;2-4H,1H3. The highest BCUT2D eigenvalue weighted by Crippen LogP contribution is 2.07. The SMILES string of the molecule is COC(=O)c1ccc(Br)c[n+]1[O-].COC(=O)c1ccc(Br)cn1. The molecule has 0 amide bonds. The molecule has 7 nitrogen and oxygen atoms in total. The van der Waals surface area contributed by atoms with Crippen LogP contribution in [0.2, 0.25) is 0 Å². The van der Waals surface area contributed by atoms with Crippen molar-refractivity contribution < 1.29 is 23.8 Å². The maximum atomic E-state index is 11.0. The number of carbonyl (C=O) groups is 2. The molecule has 0 spiro atoms. The molecule has 0 saturated heterocycles. The van der Waals surface area contributed by atoms with Crippen molar-refractivity contribution >= 4 is 43.8 Å². The van der Waals surface area contributed by atoms with Crippen LogP contribution >= 0.6 is 31.9 Å². The first-order valence-electron chi connectivity index (χ1n) is 6.06. The summed E-state index contributed by atoms with van der Waals surface area (Å²) in [7, 11) is 2.55. The zero-order valence-corrected chi connectivity index (χ0v) is 15.3. The maximum absolute atomic E-state index is 11.0. The van der Waals surface area contributed by atoms with Crippen LogP contribution in [0.4, 0.5) is 0 Å². The summed E-state index contributed by atoms with van der Waals surface area (Å²) in [5.74, 6) is -1.06. The second kappa shape index (κ2) is 9.21. The zero-order chi connectivity index (χ0) is 17.4. The number of hydrogen-bond acceptors (Lipinski definition) is 6. The molecule has 0 radical (unpaired) electrons. The third kappa shape index (κ3) is 5.95. The number of methoxy groups -OCH3 is 2. The smallest absolute Gasteiger partial charge is 0.404 e. The van der Waals surface area contributed by atoms with E-state index in [0.717, 1.165) is 4.47 Å². The fraction of sp³-hybridized carbons (Fsp3) is 0.143. The number of hydrogen-bond donors (Lipinski definition) is 0. The highest BCUT2D eigenvalue weighted by atomic mass is 79.9. The summed E-state index contributed by atoms with van der Waals surface area (Å²) in [6, 6.07) is 6.32. The summed E-state index contributed by atoms with van der Waals surface area (Å²) >= 11 is 6.30. The number of rotatable bonds is 2. The zero-order valence-electron chi connectivity index (χ0n) is 12.2. The Morgan fingerprint density at radius 3 is 2.13 bits per heavy atom. The van der Waals surface area contributed by atoms with Gasteiger partial charge in [0.15, 0.2) is 6.20 Å². The van der Waals surface area contributed by atoms with Gasteiger partial charge in [0.05, 0.1) is 18.7 Å². The Kier molecular flexibility index (Phi) is 7.63. The molecule has 0 bridgehead atoms. The minimum Gasteiger partial charge on any atom is -0.618 e. The summed E-state index contributed by atoms with van der Waals surface area (Å²) < 4.78 is 10.7. The number of ether oxygens (including phenoxy) is 2. The Hall–Kier alpha value is -2.00. The van der Waals surface area contributed by atoms with E-state index >= 15 is 0 Å². The van der Waals surface area contributed by atoms with Gasteiger partial charge in [-0.2, -0.15) is 4.73 Å². The van der Waals surface area contributed by atoms with Crippen LogP contribution in [0.5, 0.6) is 0 Å². The van der Waals surface area contributed by atoms with Crippen LogP contribution in [0, 0.1) is 5.21 Å². The van der Waals surface area contributed by atoms with Gasteiger partial charge in [-0.25, -0.2) is 14.6 Å². The summed E-state index contributed by atoms with van der Waals surface area (Å²) in [6.45, 7) is 0. The number of esters is 2. The largest absolute Gasteiger partial charge is 0.618 e. The molecule has 23 heavy (non-hydrogen) atoms. The monoisotopic (exact) mass is 446 g/mol. The van der Waals surface area contributed by atoms with E-state index in [1.54, 1.807) is 24.4 Å². The molecule has 9 heteroatoms. The molecule has 2 heterocycles. The third-order valence-electron chi connectivity index (χ3n) is 2.39. The van der Waals surface area contributed by atoms with Gasteiger partial charge in [-0.1, -0.05) is 0 Å². The fourth-order valence-corrected chi connectivity index (χ4v) is 1.87. The van der Waals surface area contributed by atoms with E-state index in [4.69, 9.17) is 0 Å². The average molecular weight is 448 g/mol. The van der Waals surface area contributed by atoms with E-state index in [-0.39, 0.29) is 5.69 Å². The second-order valence-electron chi connectivity index (χ2n) is 3.90. The molecular weight excluding hydrogens is 436 g/mol. The number of halogens is 2. The summed E-state index contributed by atoms with van der Waals surface area (Å²) in [6.07, 6.45) is 2.79. The second-order valence-corrected chi connectivity index (χ2v) is 5.73. The van der Waals surface area contributed by atoms with E-state index in [9.17, 15) is 14.8 Å². The van der Waals surface area contributed by atoms with Crippen LogP contribution in [0.25, 0.3) is 0 Å². The van der Waals surface area contributed by atoms with Crippen molar-refractivity contribution in [1.29, 1.82) is 0 Å². The molecule has 0 unspecified atom stereocenters. The fourth-order valence-electron chi connectivity index (χ4n) is 1.32. The number of nitrogens with zero attached hydrogens (tertiary/aromatic N) is 2. The Bertz CT molecular complexity index is 692. The van der Waals surface area contributed by atoms with Crippen LogP contribution in [0.1, 0.15) is 21.0 Å². The van der Waals surface area contributed by atoms with Crippen LogP contribution in [-0.2, 0) is 9.47 Å². The van der Waals surface area contributed by atoms with Gasteiger partial charge in [0.1, 0.15) is 5.69 Å². The van der Waals surface area contributed by atoms with E-state index in [1.165, 1.54) is 26.5 Å². The Morgan fingerprint density at radius 2 is 1.65 bits per heavy atom. The van der Waals surface area contributed by atoms with Crippen molar-refractivity contribution in [2.24, 2.45) is 0 Å². The predicted octanol–water partition coefficient (Wildman–Crippen LogP) is 2.50. The Morgan fingerprint density at radius 1 is 1.04 bits per heavy atom. The molecular formula is C14H12Br2N2O5. The van der Waals surface area contributed by atoms with Crippen molar-refractivity contribution in [3.05, 3.63) is 62.2 Å². The molecule has 0 N–H and O–H groups in total. The highest BCUT2D eigenvalue weighted by molar-refractivity contribution is 9.10. The maximum Gasteiger partial charge on any atom is 0.404 e. The number of aromatic nitrogens is 2. The molecule has 2 aromatic rings. The first-order valence-corrected chi connectivity index (χ1v) is 7.64. The molecule has 0 aliphatic carbocycles. The lowest BCUT2D eigenvalue weighted by molar-refractivity contribution is -0.609. The van der Waals surface area contributed by atoms with Crippen molar-refractivity contribution in [3.63, 3.8) is 0 Å². The lowest BCUT2D eigenvalue weighted by Gasteiger charge is -2.01. The topological polar surface area (TPSA) is 92.4 Å². The Labute approximate surface area is 149 Å². The molecule has 2 aromatic heterocycles. The molecule has 122 valence electrons. The minimum absolute atomic E-state index is 0.0271. The van der Waals surface area contributed by atoms with Crippen LogP contribution in [0.15, 0.2) is 45.6 Å². The first-order chi connectivity index (χ1) is 10.9. The quantitative estimate of drug-likeness (QED) is 0.399. The van der Waals surface area contributed by atoms with E-state index in [1.807, 2.05) is 0 Å². The van der Waals surface area contributed by atoms with Crippen molar-refractivity contribution in [2.45, 2.75) is 0 Å². The van der Waals surface area contributed by atoms with Gasteiger partial charge in [0, 0.05) is 16.7 Å². The molecule has 0 aliphatic heterocycles. The van der Waals surface area contributed by atoms with Gasteiger partial charge < -0.3 is 14.7 Å². The Balaban J connectivity index is 0.000000231. The molecule has 0 aromatic carbocycles. The predicted molar refractivity (Wildman–Crippen MR) is 87.7 cm³/mol. The van der Waals surface area contributed by atoms with Gasteiger partial charge in [0.25, 0.3) is 0 Å². The van der Waals surface area contributed by atoms with Crippen molar-refractivity contribution in [2.75, 3.05) is 14.2 Å². The summed E-state index contributed by atoms with van der Waals surface area (Å²) in [4.78, 5) is 25.5. The van der Waals surface area contributed by atoms with Gasteiger partial charge in [-0.3, -0.25) is 0 Å². The highest BCUT2D eigenvalue weighted by Gasteiger charge is 2.15. The molecule has 0 aliphatic rings. The lowest BCUT2D eigenvalue weighted by Crippen LogP contribution is -2.34. The third-order valence-corrected chi connectivity index (χ3v) is 3.33. The summed E-state index contributed by atoms with van der Waals surface area (Å²) in [5, 5.41) is 11.0. The van der Waals surface area contributed by atoms with Crippen LogP contribution < -0.4 is 4.73 Å². The van der Waals surface area contributed by atoms with E-state index < -0.39 is 11.9 Å². The summed E-state index contributed by atoms with van der Waals surface area (Å²) in [5.41, 5.74) is 0.288. The number of carbonyl (C=O) groups excluding carboxylic acids is 2. The van der Waals surface area contributed by atoms with Crippen molar-refractivity contribution in [1.82, 2.24) is 4.98 Å². The molecule has 2 rings (SSSR count). The molecule has 0 atom stereocenters. The molecule has 0 fully saturated rings. The van der Waals surface area contributed by atoms with Crippen LogP contribution in [0.3, 0.4) is 0 Å². The van der Waals surface area contributed by atoms with Gasteiger partial charge in [-0.05, 0) is 50.1 Å². The van der Waals surface area contributed by atoms with Gasteiger partial charge >= 0.3 is 17.6 Å². The van der Waals surface area contributed by atoms with Gasteiger partial charge in [-0.15, -0.1) is 0 Å². The number of pyridine rings is 2. The average Bonchev–Trinajstić information content (AvgIpc) is 2.55.